The molecule has 0 aliphatic heterocycles. The molecule has 0 fully saturated rings. The number of rotatable bonds is 5. The molecule has 0 bridgehead atoms. The highest BCUT2D eigenvalue weighted by atomic mass is 19.2. The monoisotopic (exact) mass is 328 g/mol. The number of pyridine rings is 1. The highest BCUT2D eigenvalue weighted by molar-refractivity contribution is 5.77. The lowest BCUT2D eigenvalue weighted by molar-refractivity contribution is 0.509. The van der Waals surface area contributed by atoms with Crippen molar-refractivity contribution in [2.45, 2.75) is 6.54 Å². The summed E-state index contributed by atoms with van der Waals surface area (Å²) in [6.45, 7) is 0.486. The summed E-state index contributed by atoms with van der Waals surface area (Å²) in [7, 11) is 0. The van der Waals surface area contributed by atoms with Crippen molar-refractivity contribution in [3.05, 3.63) is 66.3 Å². The van der Waals surface area contributed by atoms with Crippen molar-refractivity contribution in [3.63, 3.8) is 0 Å². The van der Waals surface area contributed by atoms with Gasteiger partial charge in [0.25, 0.3) is 0 Å². The van der Waals surface area contributed by atoms with Crippen LogP contribution in [-0.2, 0) is 6.54 Å². The van der Waals surface area contributed by atoms with Crippen LogP contribution in [0.2, 0.25) is 0 Å². The van der Waals surface area contributed by atoms with E-state index in [1.807, 2.05) is 12.1 Å². The minimum atomic E-state index is -0.956. The second-order valence-electron chi connectivity index (χ2n) is 4.95. The number of nitrogens with zero attached hydrogens (tertiary/aromatic N) is 3. The number of hydrogen-bond donors (Lipinski definition) is 3. The van der Waals surface area contributed by atoms with Gasteiger partial charge in [-0.3, -0.25) is 4.98 Å². The first-order valence-corrected chi connectivity index (χ1v) is 7.09. The van der Waals surface area contributed by atoms with Gasteiger partial charge in [0.15, 0.2) is 23.3 Å². The molecule has 1 aromatic carbocycles. The second-order valence-corrected chi connectivity index (χ2v) is 4.95. The number of anilines is 4. The predicted molar refractivity (Wildman–Crippen MR) is 87.6 cm³/mol. The molecule has 4 N–H and O–H groups in total. The average Bonchev–Trinajstić information content (AvgIpc) is 2.60. The molecule has 3 rings (SSSR count). The van der Waals surface area contributed by atoms with Crippen LogP contribution in [0.4, 0.5) is 31.8 Å². The minimum absolute atomic E-state index is 0.270. The molecule has 2 heterocycles. The number of nitrogen functional groups attached to an aromatic ring is 1. The molecule has 0 aliphatic carbocycles. The molecule has 0 unspecified atom stereocenters. The average molecular weight is 328 g/mol. The van der Waals surface area contributed by atoms with Crippen LogP contribution in [0.3, 0.4) is 0 Å². The van der Waals surface area contributed by atoms with E-state index in [9.17, 15) is 8.78 Å². The van der Waals surface area contributed by atoms with Crippen LogP contribution >= 0.6 is 0 Å². The molecule has 122 valence electrons. The summed E-state index contributed by atoms with van der Waals surface area (Å²) in [5, 5.41) is 5.93. The van der Waals surface area contributed by atoms with Crippen LogP contribution in [0.1, 0.15) is 5.56 Å². The van der Waals surface area contributed by atoms with Crippen molar-refractivity contribution in [1.29, 1.82) is 0 Å². The summed E-state index contributed by atoms with van der Waals surface area (Å²) in [5.74, 6) is -1.15. The van der Waals surface area contributed by atoms with E-state index in [2.05, 4.69) is 25.6 Å². The third-order valence-electron chi connectivity index (χ3n) is 3.25. The summed E-state index contributed by atoms with van der Waals surface area (Å²) in [6.07, 6.45) is 4.74. The highest BCUT2D eigenvalue weighted by Gasteiger charge is 2.10. The lowest BCUT2D eigenvalue weighted by Crippen LogP contribution is -2.08. The lowest BCUT2D eigenvalue weighted by atomic mass is 10.3. The Morgan fingerprint density at radius 1 is 1.04 bits per heavy atom. The number of hydrogen-bond acceptors (Lipinski definition) is 6. The number of nitrogens with one attached hydrogen (secondary N) is 2. The molecule has 6 nitrogen and oxygen atoms in total. The van der Waals surface area contributed by atoms with Crippen molar-refractivity contribution in [2.75, 3.05) is 16.4 Å². The van der Waals surface area contributed by atoms with Gasteiger partial charge in [0.2, 0.25) is 0 Å². The van der Waals surface area contributed by atoms with Crippen LogP contribution in [-0.4, -0.2) is 15.0 Å². The Labute approximate surface area is 136 Å². The maximum absolute atomic E-state index is 13.3. The van der Waals surface area contributed by atoms with E-state index < -0.39 is 11.6 Å². The van der Waals surface area contributed by atoms with Gasteiger partial charge in [0.05, 0.1) is 0 Å². The van der Waals surface area contributed by atoms with Crippen LogP contribution < -0.4 is 16.4 Å². The number of benzene rings is 1. The molecule has 0 aliphatic rings. The van der Waals surface area contributed by atoms with Crippen LogP contribution in [0.5, 0.6) is 0 Å². The fourth-order valence-electron chi connectivity index (χ4n) is 2.04. The standard InChI is InChI=1S/C16H14F2N6/c17-12-4-3-11(6-13(12)18)24-16-14(19)15(22-9-23-16)21-8-10-2-1-5-20-7-10/h1-7,9H,8,19H2,(H2,21,22,23,24). The fourth-order valence-corrected chi connectivity index (χ4v) is 2.04. The molecular weight excluding hydrogens is 314 g/mol. The summed E-state index contributed by atoms with van der Waals surface area (Å²) < 4.78 is 26.2. The summed E-state index contributed by atoms with van der Waals surface area (Å²) in [4.78, 5) is 12.1. The zero-order valence-electron chi connectivity index (χ0n) is 12.5. The molecular formula is C16H14F2N6. The van der Waals surface area contributed by atoms with Crippen molar-refractivity contribution < 1.29 is 8.78 Å². The minimum Gasteiger partial charge on any atom is -0.393 e. The highest BCUT2D eigenvalue weighted by Crippen LogP contribution is 2.26. The number of nitrogens with two attached hydrogens (primary N) is 1. The summed E-state index contributed by atoms with van der Waals surface area (Å²) in [6, 6.07) is 7.19. The number of halogens is 2. The van der Waals surface area contributed by atoms with Crippen LogP contribution in [0, 0.1) is 11.6 Å². The van der Waals surface area contributed by atoms with E-state index in [0.29, 0.717) is 23.9 Å². The molecule has 0 saturated carbocycles. The zero-order chi connectivity index (χ0) is 16.9. The Bertz CT molecular complexity index is 841. The normalized spacial score (nSPS) is 10.4. The molecule has 8 heteroatoms. The van der Waals surface area contributed by atoms with Gasteiger partial charge in [0.1, 0.15) is 12.0 Å². The molecule has 0 radical (unpaired) electrons. The Morgan fingerprint density at radius 2 is 1.88 bits per heavy atom. The van der Waals surface area contributed by atoms with Crippen LogP contribution in [0.25, 0.3) is 0 Å². The van der Waals surface area contributed by atoms with Gasteiger partial charge < -0.3 is 16.4 Å². The maximum Gasteiger partial charge on any atom is 0.160 e. The molecule has 24 heavy (non-hydrogen) atoms. The van der Waals surface area contributed by atoms with E-state index in [1.54, 1.807) is 12.4 Å². The zero-order valence-corrected chi connectivity index (χ0v) is 12.5. The van der Waals surface area contributed by atoms with Crippen LogP contribution in [0.15, 0.2) is 49.1 Å². The Kier molecular flexibility index (Phi) is 4.46. The Balaban J connectivity index is 1.76. The molecule has 0 atom stereocenters. The van der Waals surface area contributed by atoms with Gasteiger partial charge in [-0.15, -0.1) is 0 Å². The quantitative estimate of drug-likeness (QED) is 0.667. The maximum atomic E-state index is 13.3. The third-order valence-corrected chi connectivity index (χ3v) is 3.25. The molecule has 3 aromatic rings. The Morgan fingerprint density at radius 3 is 2.62 bits per heavy atom. The smallest absolute Gasteiger partial charge is 0.160 e. The number of aromatic nitrogens is 3. The van der Waals surface area contributed by atoms with Gasteiger partial charge in [-0.1, -0.05) is 6.07 Å². The molecule has 2 aromatic heterocycles. The van der Waals surface area contributed by atoms with Crippen molar-refractivity contribution in [3.8, 4) is 0 Å². The molecule has 0 spiro atoms. The van der Waals surface area contributed by atoms with Gasteiger partial charge in [0, 0.05) is 30.7 Å². The first-order chi connectivity index (χ1) is 11.6. The first-order valence-electron chi connectivity index (χ1n) is 7.09. The fraction of sp³-hybridized carbons (Fsp3) is 0.0625. The predicted octanol–water partition coefficient (Wildman–Crippen LogP) is 3.09. The Hall–Kier alpha value is -3.29. The van der Waals surface area contributed by atoms with E-state index in [-0.39, 0.29) is 5.69 Å². The molecule has 0 amide bonds. The first kappa shape index (κ1) is 15.6. The van der Waals surface area contributed by atoms with Crippen molar-refractivity contribution in [1.82, 2.24) is 15.0 Å². The molecule has 0 saturated heterocycles. The largest absolute Gasteiger partial charge is 0.393 e. The van der Waals surface area contributed by atoms with Gasteiger partial charge >= 0.3 is 0 Å². The summed E-state index contributed by atoms with van der Waals surface area (Å²) in [5.41, 5.74) is 7.59. The second kappa shape index (κ2) is 6.86. The lowest BCUT2D eigenvalue weighted by Gasteiger charge is -2.12. The topological polar surface area (TPSA) is 88.8 Å². The van der Waals surface area contributed by atoms with E-state index in [4.69, 9.17) is 5.73 Å². The van der Waals surface area contributed by atoms with Gasteiger partial charge in [-0.25, -0.2) is 18.7 Å². The van der Waals surface area contributed by atoms with Crippen molar-refractivity contribution in [2.24, 2.45) is 0 Å². The van der Waals surface area contributed by atoms with Gasteiger partial charge in [-0.05, 0) is 23.8 Å². The van der Waals surface area contributed by atoms with Crippen molar-refractivity contribution >= 4 is 23.0 Å². The van der Waals surface area contributed by atoms with E-state index in [0.717, 1.165) is 17.7 Å². The van der Waals surface area contributed by atoms with E-state index >= 15 is 0 Å². The third kappa shape index (κ3) is 3.54. The van der Waals surface area contributed by atoms with E-state index in [1.165, 1.54) is 12.4 Å². The SMILES string of the molecule is Nc1c(NCc2cccnc2)ncnc1Nc1ccc(F)c(F)c1. The summed E-state index contributed by atoms with van der Waals surface area (Å²) >= 11 is 0. The van der Waals surface area contributed by atoms with Gasteiger partial charge in [-0.2, -0.15) is 0 Å².